The van der Waals surface area contributed by atoms with E-state index in [1.165, 1.54) is 61.0 Å². The fourth-order valence-electron chi connectivity index (χ4n) is 6.00. The summed E-state index contributed by atoms with van der Waals surface area (Å²) in [6.07, 6.45) is 3.27. The number of hydrogen-bond acceptors (Lipinski definition) is 3. The first-order valence-corrected chi connectivity index (χ1v) is 15.4. The van der Waals surface area contributed by atoms with Gasteiger partial charge < -0.3 is 10.1 Å². The average Bonchev–Trinajstić information content (AvgIpc) is 3.17. The maximum Gasteiger partial charge on any atom is 0.164 e. The Hall–Kier alpha value is -3.59. The first-order chi connectivity index (χ1) is 20.5. The third kappa shape index (κ3) is 6.55. The molecule has 0 saturated carbocycles. The summed E-state index contributed by atoms with van der Waals surface area (Å²) in [7, 11) is 0. The van der Waals surface area contributed by atoms with Crippen LogP contribution in [-0.2, 0) is 30.3 Å². The fraction of sp³-hybridized carbons (Fsp3) is 0.317. The smallest absolute Gasteiger partial charge is 0.164 e. The molecule has 1 aliphatic rings. The van der Waals surface area contributed by atoms with Crippen LogP contribution in [0.1, 0.15) is 77.6 Å². The van der Waals surface area contributed by atoms with Crippen LogP contribution in [0.5, 0.6) is 0 Å². The van der Waals surface area contributed by atoms with Crippen LogP contribution in [0.15, 0.2) is 84.8 Å². The van der Waals surface area contributed by atoms with Gasteiger partial charge in [0.15, 0.2) is 5.78 Å². The molecule has 0 aliphatic heterocycles. The van der Waals surface area contributed by atoms with Gasteiger partial charge in [-0.3, -0.25) is 4.79 Å². The van der Waals surface area contributed by atoms with Gasteiger partial charge >= 0.3 is 0 Å². The van der Waals surface area contributed by atoms with Gasteiger partial charge in [0.2, 0.25) is 0 Å². The molecule has 0 spiro atoms. The number of aliphatic hydroxyl groups excluding tert-OH is 1. The Labute approximate surface area is 282 Å². The summed E-state index contributed by atoms with van der Waals surface area (Å²) in [5.41, 5.74) is 9.42. The number of hydrogen-bond donors (Lipinski definition) is 1. The van der Waals surface area contributed by atoms with E-state index in [9.17, 15) is 9.90 Å². The summed E-state index contributed by atoms with van der Waals surface area (Å²) < 4.78 is 0. The summed E-state index contributed by atoms with van der Waals surface area (Å²) in [5, 5.41) is 14.6. The van der Waals surface area contributed by atoms with Gasteiger partial charge in [0, 0.05) is 48.6 Å². The number of benzene rings is 4. The Morgan fingerprint density at radius 3 is 2.02 bits per heavy atom. The van der Waals surface area contributed by atoms with Gasteiger partial charge in [0.1, 0.15) is 5.76 Å². The number of nitrogens with zero attached hydrogens (tertiary/aromatic N) is 1. The van der Waals surface area contributed by atoms with E-state index in [1.807, 2.05) is 53.8 Å². The van der Waals surface area contributed by atoms with Gasteiger partial charge in [0.05, 0.1) is 0 Å². The van der Waals surface area contributed by atoms with E-state index < -0.39 is 5.41 Å². The van der Waals surface area contributed by atoms with Crippen molar-refractivity contribution in [2.75, 3.05) is 0 Å². The van der Waals surface area contributed by atoms with E-state index in [0.29, 0.717) is 0 Å². The van der Waals surface area contributed by atoms with E-state index in [-0.39, 0.29) is 42.5 Å². The number of aromatic nitrogens is 1. The molecule has 1 heterocycles. The molecule has 1 N–H and O–H groups in total. The molecule has 0 unspecified atom stereocenters. The topological polar surface area (TPSA) is 50.2 Å². The van der Waals surface area contributed by atoms with Crippen molar-refractivity contribution in [2.45, 2.75) is 74.7 Å². The second kappa shape index (κ2) is 12.3. The van der Waals surface area contributed by atoms with Crippen molar-refractivity contribution in [1.29, 1.82) is 0 Å². The zero-order valence-electron chi connectivity index (χ0n) is 28.1. The maximum absolute atomic E-state index is 11.5. The number of allylic oxidation sites excluding steroid dienone is 2. The maximum atomic E-state index is 11.5. The molecule has 6 rings (SSSR count). The first kappa shape index (κ1) is 34.3. The molecule has 5 aromatic rings. The molecule has 0 bridgehead atoms. The van der Waals surface area contributed by atoms with Crippen molar-refractivity contribution < 1.29 is 30.0 Å². The quantitative estimate of drug-likeness (QED) is 0.0841. The number of carbonyl (C=O) groups is 1. The molecule has 3 nitrogen and oxygen atoms in total. The largest absolute Gasteiger partial charge is 0.512 e. The molecule has 4 aromatic carbocycles. The van der Waals surface area contributed by atoms with Crippen LogP contribution in [0.2, 0.25) is 0 Å². The zero-order chi connectivity index (χ0) is 32.2. The molecule has 235 valence electrons. The van der Waals surface area contributed by atoms with E-state index in [2.05, 4.69) is 94.4 Å². The van der Waals surface area contributed by atoms with Crippen molar-refractivity contribution >= 4 is 27.3 Å². The van der Waals surface area contributed by atoms with Gasteiger partial charge in [-0.1, -0.05) is 110 Å². The molecule has 1 aromatic heterocycles. The molecular formula is C41H44IrNO2-. The standard InChI is InChI=1S/C30H24N.C11H20O2.Ir/c1-18-6-5-7-20(16-18)29-26-13-12-24-21(22(26)14-15-31-29)10-11-25-23-9-8-19(2)17-27(23)30(3,4)28(24)25;1-10(2,3)8(12)7-9(13)11(4,5)6;/h5-6,8-17H,1-4H3;7,12H,1-6H3;/q-1;;/b;8-7-;. The van der Waals surface area contributed by atoms with Crippen LogP contribution in [0.25, 0.3) is 43.9 Å². The van der Waals surface area contributed by atoms with Crippen LogP contribution >= 0.6 is 0 Å². The molecule has 0 fully saturated rings. The Balaban J connectivity index is 0.000000283. The van der Waals surface area contributed by atoms with Gasteiger partial charge in [0.25, 0.3) is 0 Å². The normalized spacial score (nSPS) is 13.9. The van der Waals surface area contributed by atoms with Gasteiger partial charge in [-0.15, -0.1) is 35.4 Å². The monoisotopic (exact) mass is 775 g/mol. The number of aryl methyl sites for hydroxylation is 2. The first-order valence-electron chi connectivity index (χ1n) is 15.4. The van der Waals surface area contributed by atoms with Crippen molar-refractivity contribution in [3.05, 3.63) is 113 Å². The molecule has 1 radical (unpaired) electrons. The summed E-state index contributed by atoms with van der Waals surface area (Å²) in [4.78, 5) is 16.2. The second-order valence-electron chi connectivity index (χ2n) is 14.8. The molecule has 0 saturated heterocycles. The van der Waals surface area contributed by atoms with Gasteiger partial charge in [-0.25, -0.2) is 0 Å². The van der Waals surface area contributed by atoms with Gasteiger partial charge in [-0.2, -0.15) is 0 Å². The minimum Gasteiger partial charge on any atom is -0.512 e. The summed E-state index contributed by atoms with van der Waals surface area (Å²) >= 11 is 0. The minimum absolute atomic E-state index is 0. The number of fused-ring (bicyclic) bond motifs is 7. The van der Waals surface area contributed by atoms with Crippen LogP contribution in [0.4, 0.5) is 0 Å². The van der Waals surface area contributed by atoms with Gasteiger partial charge in [-0.05, 0) is 62.5 Å². The summed E-state index contributed by atoms with van der Waals surface area (Å²) in [6, 6.07) is 27.8. The predicted octanol–water partition coefficient (Wildman–Crippen LogP) is 10.9. The number of aliphatic hydroxyl groups is 1. The Morgan fingerprint density at radius 2 is 1.38 bits per heavy atom. The number of carbonyl (C=O) groups excluding carboxylic acids is 1. The van der Waals surface area contributed by atoms with E-state index in [1.54, 1.807) is 0 Å². The van der Waals surface area contributed by atoms with E-state index in [0.717, 1.165) is 11.3 Å². The molecule has 0 atom stereocenters. The Bertz CT molecular complexity index is 1950. The number of ketones is 1. The minimum atomic E-state index is -0.417. The van der Waals surface area contributed by atoms with Crippen molar-refractivity contribution in [3.8, 4) is 22.4 Å². The Kier molecular flexibility index (Phi) is 9.38. The van der Waals surface area contributed by atoms with Crippen LogP contribution in [0, 0.1) is 30.7 Å². The Morgan fingerprint density at radius 1 is 0.778 bits per heavy atom. The van der Waals surface area contributed by atoms with E-state index in [4.69, 9.17) is 4.98 Å². The predicted molar refractivity (Wildman–Crippen MR) is 185 cm³/mol. The molecule has 4 heteroatoms. The zero-order valence-corrected chi connectivity index (χ0v) is 30.5. The van der Waals surface area contributed by atoms with Crippen molar-refractivity contribution in [2.24, 2.45) is 10.8 Å². The second-order valence-corrected chi connectivity index (χ2v) is 14.8. The molecular weight excluding hydrogens is 731 g/mol. The third-order valence-electron chi connectivity index (χ3n) is 8.69. The molecule has 0 amide bonds. The molecule has 45 heavy (non-hydrogen) atoms. The third-order valence-corrected chi connectivity index (χ3v) is 8.69. The van der Waals surface area contributed by atoms with E-state index >= 15 is 0 Å². The number of rotatable bonds is 2. The summed E-state index contributed by atoms with van der Waals surface area (Å²) in [6.45, 7) is 20.1. The molecule has 1 aliphatic carbocycles. The SMILES string of the molecule is CC(C)(C)C(=O)/C=C(\O)C(C)(C)C.Cc1cc[c-]c(-c2nccc3c2ccc2c4c(ccc23)-c2ccc(C)cc2C4(C)C)c1.[Ir]. The van der Waals surface area contributed by atoms with Crippen LogP contribution < -0.4 is 0 Å². The van der Waals surface area contributed by atoms with Crippen molar-refractivity contribution in [1.82, 2.24) is 4.98 Å². The van der Waals surface area contributed by atoms with Crippen molar-refractivity contribution in [3.63, 3.8) is 0 Å². The fourth-order valence-corrected chi connectivity index (χ4v) is 6.00. The van der Waals surface area contributed by atoms with Crippen LogP contribution in [0.3, 0.4) is 0 Å². The number of pyridine rings is 1. The average molecular weight is 775 g/mol. The van der Waals surface area contributed by atoms with Crippen LogP contribution in [-0.4, -0.2) is 15.9 Å². The summed E-state index contributed by atoms with van der Waals surface area (Å²) in [5.74, 6) is 0.104.